The summed E-state index contributed by atoms with van der Waals surface area (Å²) in [6, 6.07) is 6.16. The van der Waals surface area contributed by atoms with Crippen LogP contribution in [0.2, 0.25) is 0 Å². The van der Waals surface area contributed by atoms with E-state index in [9.17, 15) is 27.2 Å². The number of ether oxygens (including phenoxy) is 2. The van der Waals surface area contributed by atoms with Crippen LogP contribution in [0.5, 0.6) is 0 Å². The molecule has 0 aliphatic carbocycles. The summed E-state index contributed by atoms with van der Waals surface area (Å²) in [6.07, 6.45) is -10.2. The highest BCUT2D eigenvalue weighted by molar-refractivity contribution is 5.83. The fraction of sp³-hybridized carbons (Fsp3) is 0.500. The Balaban J connectivity index is 2.27. The number of amides is 1. The minimum absolute atomic E-state index is 0.162. The zero-order valence-corrected chi connectivity index (χ0v) is 13.7. The van der Waals surface area contributed by atoms with Crippen molar-refractivity contribution in [2.75, 3.05) is 20.2 Å². The Labute approximate surface area is 146 Å². The number of carboxylic acid groups (broad SMARTS) is 1. The van der Waals surface area contributed by atoms with E-state index in [2.05, 4.69) is 4.74 Å². The van der Waals surface area contributed by atoms with Crippen LogP contribution in [0, 0.1) is 0 Å². The molecule has 1 aromatic carbocycles. The summed E-state index contributed by atoms with van der Waals surface area (Å²) in [6.45, 7) is -0.754. The van der Waals surface area contributed by atoms with E-state index in [-0.39, 0.29) is 13.0 Å². The van der Waals surface area contributed by atoms with Gasteiger partial charge < -0.3 is 19.5 Å². The molecule has 1 saturated heterocycles. The number of carbonyl (C=O) groups is 2. The zero-order chi connectivity index (χ0) is 19.5. The number of methoxy groups -OCH3 is 1. The molecular weight excluding hydrogens is 362 g/mol. The van der Waals surface area contributed by atoms with Gasteiger partial charge >= 0.3 is 18.2 Å². The molecule has 0 saturated carbocycles. The molecule has 3 atom stereocenters. The van der Waals surface area contributed by atoms with Crippen LogP contribution in [0.1, 0.15) is 12.0 Å². The topological polar surface area (TPSA) is 76.1 Å². The third kappa shape index (κ3) is 3.59. The minimum Gasteiger partial charge on any atom is -0.465 e. The number of esters is 1. The lowest BCUT2D eigenvalue weighted by molar-refractivity contribution is -0.279. The molecule has 10 heteroatoms. The highest BCUT2D eigenvalue weighted by Crippen LogP contribution is 2.43. The molecular formula is C16H17F4NO5. The van der Waals surface area contributed by atoms with E-state index in [1.54, 1.807) is 0 Å². The Kier molecular flexibility index (Phi) is 5.74. The second-order valence-corrected chi connectivity index (χ2v) is 5.73. The number of alkyl halides is 4. The highest BCUT2D eigenvalue weighted by Gasteiger charge is 2.64. The SMILES string of the molecule is CO[C@@](C(=O)O[C@@H]1CCN(C(=O)O)C[C@@H]1F)(c1ccccc1)C(F)(F)F. The molecule has 1 aliphatic heterocycles. The third-order valence-electron chi connectivity index (χ3n) is 4.18. The van der Waals surface area contributed by atoms with Gasteiger partial charge in [0.15, 0.2) is 6.17 Å². The van der Waals surface area contributed by atoms with Crippen molar-refractivity contribution in [3.05, 3.63) is 35.9 Å². The van der Waals surface area contributed by atoms with Crippen LogP contribution >= 0.6 is 0 Å². The Bertz CT molecular complexity index is 654. The third-order valence-corrected chi connectivity index (χ3v) is 4.18. The Morgan fingerprint density at radius 2 is 1.85 bits per heavy atom. The van der Waals surface area contributed by atoms with Gasteiger partial charge in [0.2, 0.25) is 0 Å². The number of likely N-dealkylation sites (tertiary alicyclic amines) is 1. The second-order valence-electron chi connectivity index (χ2n) is 5.73. The monoisotopic (exact) mass is 379 g/mol. The number of halogens is 4. The molecule has 0 unspecified atom stereocenters. The summed E-state index contributed by atoms with van der Waals surface area (Å²) in [5, 5.41) is 8.83. The summed E-state index contributed by atoms with van der Waals surface area (Å²) >= 11 is 0. The predicted octanol–water partition coefficient (Wildman–Crippen LogP) is 2.72. The summed E-state index contributed by atoms with van der Waals surface area (Å²) in [5.74, 6) is -1.80. The van der Waals surface area contributed by atoms with E-state index in [0.29, 0.717) is 7.11 Å². The van der Waals surface area contributed by atoms with E-state index in [4.69, 9.17) is 9.84 Å². The lowest BCUT2D eigenvalue weighted by atomic mass is 9.92. The minimum atomic E-state index is -5.16. The zero-order valence-electron chi connectivity index (χ0n) is 13.7. The largest absolute Gasteiger partial charge is 0.465 e. The summed E-state index contributed by atoms with van der Waals surface area (Å²) in [5.41, 5.74) is -3.91. The van der Waals surface area contributed by atoms with Crippen LogP contribution in [0.25, 0.3) is 0 Å². The van der Waals surface area contributed by atoms with Gasteiger partial charge in [-0.2, -0.15) is 13.2 Å². The van der Waals surface area contributed by atoms with Gasteiger partial charge in [-0.25, -0.2) is 14.0 Å². The summed E-state index contributed by atoms with van der Waals surface area (Å²) < 4.78 is 64.6. The van der Waals surface area contributed by atoms with Crippen molar-refractivity contribution >= 4 is 12.1 Å². The van der Waals surface area contributed by atoms with E-state index in [1.165, 1.54) is 18.2 Å². The van der Waals surface area contributed by atoms with Crippen LogP contribution in [0.3, 0.4) is 0 Å². The average Bonchev–Trinajstić information content (AvgIpc) is 2.57. The van der Waals surface area contributed by atoms with Crippen molar-refractivity contribution in [2.45, 2.75) is 30.5 Å². The maximum Gasteiger partial charge on any atom is 0.432 e. The van der Waals surface area contributed by atoms with Crippen molar-refractivity contribution < 1.29 is 41.7 Å². The number of hydrogen-bond donors (Lipinski definition) is 1. The molecule has 6 nitrogen and oxygen atoms in total. The molecule has 26 heavy (non-hydrogen) atoms. The molecule has 1 heterocycles. The van der Waals surface area contributed by atoms with E-state index >= 15 is 0 Å². The van der Waals surface area contributed by atoms with Gasteiger partial charge in [-0.3, -0.25) is 0 Å². The smallest absolute Gasteiger partial charge is 0.432 e. The average molecular weight is 379 g/mol. The molecule has 1 amide bonds. The van der Waals surface area contributed by atoms with Crippen LogP contribution in [0.15, 0.2) is 30.3 Å². The van der Waals surface area contributed by atoms with Gasteiger partial charge in [0, 0.05) is 25.6 Å². The molecule has 0 radical (unpaired) electrons. The Hall–Kier alpha value is -2.36. The second kappa shape index (κ2) is 7.48. The van der Waals surface area contributed by atoms with Crippen LogP contribution in [0.4, 0.5) is 22.4 Å². The summed E-state index contributed by atoms with van der Waals surface area (Å²) in [4.78, 5) is 24.0. The van der Waals surface area contributed by atoms with Crippen molar-refractivity contribution in [1.29, 1.82) is 0 Å². The normalized spacial score (nSPS) is 23.2. The number of benzene rings is 1. The lowest BCUT2D eigenvalue weighted by Crippen LogP contribution is -2.55. The molecule has 144 valence electrons. The van der Waals surface area contributed by atoms with Crippen molar-refractivity contribution in [3.8, 4) is 0 Å². The van der Waals surface area contributed by atoms with Gasteiger partial charge in [0.25, 0.3) is 5.60 Å². The van der Waals surface area contributed by atoms with Gasteiger partial charge in [-0.05, 0) is 0 Å². The van der Waals surface area contributed by atoms with E-state index < -0.39 is 48.2 Å². The molecule has 1 aliphatic rings. The fourth-order valence-corrected chi connectivity index (χ4v) is 2.80. The predicted molar refractivity (Wildman–Crippen MR) is 80.2 cm³/mol. The lowest BCUT2D eigenvalue weighted by Gasteiger charge is -2.37. The standard InChI is InChI=1S/C16H17F4NO5/c1-25-15(16(18,19)20,10-5-3-2-4-6-10)13(22)26-12-7-8-21(14(23)24)9-11(12)17/h2-6,11-12H,7-9H2,1H3,(H,23,24)/t11-,12+,15+/m0/s1. The quantitative estimate of drug-likeness (QED) is 0.643. The number of rotatable bonds is 4. The van der Waals surface area contributed by atoms with Crippen LogP contribution < -0.4 is 0 Å². The van der Waals surface area contributed by atoms with Gasteiger partial charge in [-0.1, -0.05) is 30.3 Å². The first-order valence-corrected chi connectivity index (χ1v) is 7.64. The summed E-state index contributed by atoms with van der Waals surface area (Å²) in [7, 11) is 0.710. The van der Waals surface area contributed by atoms with Crippen molar-refractivity contribution in [1.82, 2.24) is 4.90 Å². The first kappa shape index (κ1) is 20.0. The molecule has 1 aromatic rings. The molecule has 1 fully saturated rings. The van der Waals surface area contributed by atoms with E-state index in [0.717, 1.165) is 17.0 Å². The van der Waals surface area contributed by atoms with Crippen molar-refractivity contribution in [2.24, 2.45) is 0 Å². The first-order valence-electron chi connectivity index (χ1n) is 7.64. The van der Waals surface area contributed by atoms with E-state index in [1.807, 2.05) is 0 Å². The number of carbonyl (C=O) groups excluding carboxylic acids is 1. The molecule has 0 aromatic heterocycles. The number of piperidine rings is 1. The van der Waals surface area contributed by atoms with Crippen LogP contribution in [-0.4, -0.2) is 60.7 Å². The van der Waals surface area contributed by atoms with Gasteiger partial charge in [0.1, 0.15) is 6.10 Å². The Morgan fingerprint density at radius 1 is 1.23 bits per heavy atom. The molecule has 0 bridgehead atoms. The first-order chi connectivity index (χ1) is 12.1. The maximum absolute atomic E-state index is 14.1. The fourth-order valence-electron chi connectivity index (χ4n) is 2.80. The number of nitrogens with zero attached hydrogens (tertiary/aromatic N) is 1. The van der Waals surface area contributed by atoms with Gasteiger partial charge in [0.05, 0.1) is 6.54 Å². The maximum atomic E-state index is 14.1. The molecule has 1 N–H and O–H groups in total. The highest BCUT2D eigenvalue weighted by atomic mass is 19.4. The molecule has 2 rings (SSSR count). The van der Waals surface area contributed by atoms with Crippen molar-refractivity contribution in [3.63, 3.8) is 0 Å². The van der Waals surface area contributed by atoms with Gasteiger partial charge in [-0.15, -0.1) is 0 Å². The Morgan fingerprint density at radius 3 is 2.31 bits per heavy atom. The molecule has 0 spiro atoms. The number of hydrogen-bond acceptors (Lipinski definition) is 4. The van der Waals surface area contributed by atoms with Crippen LogP contribution in [-0.2, 0) is 19.9 Å².